The van der Waals surface area contributed by atoms with E-state index in [0.29, 0.717) is 0 Å². The first-order valence-electron chi connectivity index (χ1n) is 8.77. The Kier molecular flexibility index (Phi) is 4.54. The van der Waals surface area contributed by atoms with Crippen LogP contribution in [0.5, 0.6) is 5.75 Å². The highest BCUT2D eigenvalue weighted by Crippen LogP contribution is 2.42. The molecule has 1 saturated carbocycles. The molecule has 0 spiro atoms. The third-order valence-corrected chi connectivity index (χ3v) is 5.40. The summed E-state index contributed by atoms with van der Waals surface area (Å²) in [5.74, 6) is 1.99. The molecule has 1 aromatic rings. The van der Waals surface area contributed by atoms with Crippen molar-refractivity contribution in [2.75, 3.05) is 6.61 Å². The molecule has 21 heavy (non-hydrogen) atoms. The molecule has 0 amide bonds. The van der Waals surface area contributed by atoms with E-state index in [0.717, 1.165) is 44.0 Å². The third-order valence-electron chi connectivity index (χ3n) is 5.40. The van der Waals surface area contributed by atoms with Crippen molar-refractivity contribution in [1.82, 2.24) is 0 Å². The predicted octanol–water partition coefficient (Wildman–Crippen LogP) is 4.55. The fourth-order valence-corrected chi connectivity index (χ4v) is 4.18. The first kappa shape index (κ1) is 14.9. The first-order valence-corrected chi connectivity index (χ1v) is 8.77. The van der Waals surface area contributed by atoms with Crippen LogP contribution < -0.4 is 10.5 Å². The molecule has 0 saturated heterocycles. The third kappa shape index (κ3) is 3.11. The Balaban J connectivity index is 1.85. The monoisotopic (exact) mass is 287 g/mol. The van der Waals surface area contributed by atoms with Crippen LogP contribution in [-0.4, -0.2) is 6.61 Å². The quantitative estimate of drug-likeness (QED) is 0.828. The molecule has 1 aromatic carbocycles. The van der Waals surface area contributed by atoms with Gasteiger partial charge in [0.1, 0.15) is 5.75 Å². The second-order valence-corrected chi connectivity index (χ2v) is 6.99. The predicted molar refractivity (Wildman–Crippen MR) is 87.6 cm³/mol. The molecule has 2 aliphatic rings. The van der Waals surface area contributed by atoms with Gasteiger partial charge in [-0.15, -0.1) is 0 Å². The molecule has 2 unspecified atom stereocenters. The summed E-state index contributed by atoms with van der Waals surface area (Å²) >= 11 is 0. The maximum absolute atomic E-state index is 6.88. The standard InChI is InChI=1S/C19H29NO/c1-2-6-15-7-4-12-19(20,13-11-15)17-10-3-8-16-9-5-14-21-18(16)17/h3,8,10,15H,2,4-7,9,11-14,20H2,1H3. The number of hydrogen-bond acceptors (Lipinski definition) is 2. The van der Waals surface area contributed by atoms with Crippen LogP contribution in [0.25, 0.3) is 0 Å². The summed E-state index contributed by atoms with van der Waals surface area (Å²) in [6.07, 6.45) is 11.0. The zero-order valence-corrected chi connectivity index (χ0v) is 13.4. The molecule has 116 valence electrons. The maximum Gasteiger partial charge on any atom is 0.127 e. The topological polar surface area (TPSA) is 35.2 Å². The Labute approximate surface area is 129 Å². The van der Waals surface area contributed by atoms with E-state index < -0.39 is 0 Å². The molecule has 0 radical (unpaired) electrons. The van der Waals surface area contributed by atoms with E-state index in [1.54, 1.807) is 0 Å². The molecule has 2 heteroatoms. The van der Waals surface area contributed by atoms with Crippen LogP contribution in [0.4, 0.5) is 0 Å². The lowest BCUT2D eigenvalue weighted by Gasteiger charge is -2.33. The van der Waals surface area contributed by atoms with Crippen molar-refractivity contribution in [3.05, 3.63) is 29.3 Å². The molecular formula is C19H29NO. The Morgan fingerprint density at radius 3 is 3.00 bits per heavy atom. The Bertz CT molecular complexity index is 484. The maximum atomic E-state index is 6.88. The van der Waals surface area contributed by atoms with Crippen molar-refractivity contribution in [2.24, 2.45) is 11.7 Å². The molecular weight excluding hydrogens is 258 g/mol. The lowest BCUT2D eigenvalue weighted by molar-refractivity contribution is 0.270. The van der Waals surface area contributed by atoms with Crippen molar-refractivity contribution >= 4 is 0 Å². The summed E-state index contributed by atoms with van der Waals surface area (Å²) in [7, 11) is 0. The van der Waals surface area contributed by atoms with Gasteiger partial charge in [-0.2, -0.15) is 0 Å². The van der Waals surface area contributed by atoms with E-state index in [9.17, 15) is 0 Å². The van der Waals surface area contributed by atoms with Crippen LogP contribution >= 0.6 is 0 Å². The van der Waals surface area contributed by atoms with Crippen molar-refractivity contribution < 1.29 is 4.74 Å². The fraction of sp³-hybridized carbons (Fsp3) is 0.684. The molecule has 1 aliphatic carbocycles. The SMILES string of the molecule is CCCC1CCCC(N)(c2cccc3c2OCCC3)CC1. The van der Waals surface area contributed by atoms with E-state index in [-0.39, 0.29) is 5.54 Å². The molecule has 2 nitrogen and oxygen atoms in total. The summed E-state index contributed by atoms with van der Waals surface area (Å²) in [4.78, 5) is 0. The van der Waals surface area contributed by atoms with Gasteiger partial charge in [-0.3, -0.25) is 0 Å². The second-order valence-electron chi connectivity index (χ2n) is 6.99. The van der Waals surface area contributed by atoms with E-state index in [4.69, 9.17) is 10.5 Å². The normalized spacial score (nSPS) is 29.3. The summed E-state index contributed by atoms with van der Waals surface area (Å²) in [6.45, 7) is 3.14. The van der Waals surface area contributed by atoms with Gasteiger partial charge in [0.25, 0.3) is 0 Å². The van der Waals surface area contributed by atoms with Crippen LogP contribution in [0, 0.1) is 5.92 Å². The van der Waals surface area contributed by atoms with E-state index in [1.807, 2.05) is 0 Å². The van der Waals surface area contributed by atoms with Crippen LogP contribution in [0.15, 0.2) is 18.2 Å². The number of benzene rings is 1. The van der Waals surface area contributed by atoms with E-state index in [2.05, 4.69) is 25.1 Å². The fourth-order valence-electron chi connectivity index (χ4n) is 4.18. The summed E-state index contributed by atoms with van der Waals surface area (Å²) in [5, 5.41) is 0. The molecule has 1 heterocycles. The number of hydrogen-bond donors (Lipinski definition) is 1. The number of fused-ring (bicyclic) bond motifs is 1. The Morgan fingerprint density at radius 1 is 1.24 bits per heavy atom. The Hall–Kier alpha value is -1.02. The summed E-state index contributed by atoms with van der Waals surface area (Å²) < 4.78 is 6.01. The van der Waals surface area contributed by atoms with Gasteiger partial charge in [-0.25, -0.2) is 0 Å². The van der Waals surface area contributed by atoms with Gasteiger partial charge in [-0.1, -0.05) is 50.8 Å². The minimum absolute atomic E-state index is 0.175. The van der Waals surface area contributed by atoms with Crippen LogP contribution in [0.2, 0.25) is 0 Å². The minimum Gasteiger partial charge on any atom is -0.493 e. The van der Waals surface area contributed by atoms with Crippen molar-refractivity contribution in [3.63, 3.8) is 0 Å². The largest absolute Gasteiger partial charge is 0.493 e. The molecule has 2 N–H and O–H groups in total. The van der Waals surface area contributed by atoms with Gasteiger partial charge >= 0.3 is 0 Å². The van der Waals surface area contributed by atoms with Crippen molar-refractivity contribution in [1.29, 1.82) is 0 Å². The highest BCUT2D eigenvalue weighted by Gasteiger charge is 2.34. The summed E-state index contributed by atoms with van der Waals surface area (Å²) in [5.41, 5.74) is 9.34. The van der Waals surface area contributed by atoms with Gasteiger partial charge in [0.05, 0.1) is 6.61 Å². The highest BCUT2D eigenvalue weighted by molar-refractivity contribution is 5.46. The van der Waals surface area contributed by atoms with Crippen LogP contribution in [-0.2, 0) is 12.0 Å². The van der Waals surface area contributed by atoms with E-state index in [1.165, 1.54) is 43.2 Å². The average molecular weight is 287 g/mol. The number of aryl methyl sites for hydroxylation is 1. The smallest absolute Gasteiger partial charge is 0.127 e. The van der Waals surface area contributed by atoms with E-state index >= 15 is 0 Å². The number of rotatable bonds is 3. The second kappa shape index (κ2) is 6.39. The van der Waals surface area contributed by atoms with Crippen molar-refractivity contribution in [3.8, 4) is 5.75 Å². The zero-order valence-electron chi connectivity index (χ0n) is 13.4. The van der Waals surface area contributed by atoms with Gasteiger partial charge in [0.2, 0.25) is 0 Å². The molecule has 0 aromatic heterocycles. The van der Waals surface area contributed by atoms with Crippen molar-refractivity contribution in [2.45, 2.75) is 70.3 Å². The molecule has 3 rings (SSSR count). The minimum atomic E-state index is -0.175. The molecule has 1 aliphatic heterocycles. The molecule has 0 bridgehead atoms. The number of ether oxygens (including phenoxy) is 1. The highest BCUT2D eigenvalue weighted by atomic mass is 16.5. The van der Waals surface area contributed by atoms with Gasteiger partial charge in [0.15, 0.2) is 0 Å². The average Bonchev–Trinajstić information content (AvgIpc) is 2.70. The van der Waals surface area contributed by atoms with Crippen LogP contribution in [0.1, 0.15) is 69.4 Å². The number of nitrogens with two attached hydrogens (primary N) is 1. The molecule has 2 atom stereocenters. The van der Waals surface area contributed by atoms with Gasteiger partial charge in [0, 0.05) is 11.1 Å². The van der Waals surface area contributed by atoms with Gasteiger partial charge in [-0.05, 0) is 43.6 Å². The number of para-hydroxylation sites is 1. The Morgan fingerprint density at radius 2 is 2.14 bits per heavy atom. The lowest BCUT2D eigenvalue weighted by Crippen LogP contribution is -2.37. The van der Waals surface area contributed by atoms with Crippen LogP contribution in [0.3, 0.4) is 0 Å². The first-order chi connectivity index (χ1) is 10.2. The molecule has 1 fully saturated rings. The summed E-state index contributed by atoms with van der Waals surface area (Å²) in [6, 6.07) is 6.59. The van der Waals surface area contributed by atoms with Gasteiger partial charge < -0.3 is 10.5 Å². The zero-order chi connectivity index (χ0) is 14.7. The lowest BCUT2D eigenvalue weighted by atomic mass is 9.81.